The Balaban J connectivity index is 1.24. The molecule has 3 heterocycles. The number of anilines is 1. The first-order valence-electron chi connectivity index (χ1n) is 12.3. The van der Waals surface area contributed by atoms with E-state index in [1.54, 1.807) is 30.3 Å². The van der Waals surface area contributed by atoms with Gasteiger partial charge in [-0.3, -0.25) is 14.6 Å². The van der Waals surface area contributed by atoms with Crippen molar-refractivity contribution < 1.29 is 14.3 Å². The molecule has 2 aromatic carbocycles. The van der Waals surface area contributed by atoms with Crippen LogP contribution >= 0.6 is 11.6 Å². The van der Waals surface area contributed by atoms with Crippen molar-refractivity contribution in [2.24, 2.45) is 0 Å². The lowest BCUT2D eigenvalue weighted by molar-refractivity contribution is 0.0708. The van der Waals surface area contributed by atoms with Gasteiger partial charge in [-0.05, 0) is 49.2 Å². The molecule has 3 aromatic rings. The van der Waals surface area contributed by atoms with Gasteiger partial charge in [0.25, 0.3) is 11.8 Å². The monoisotopic (exact) mass is 504 g/mol. The van der Waals surface area contributed by atoms with Crippen LogP contribution in [0, 0.1) is 0 Å². The summed E-state index contributed by atoms with van der Waals surface area (Å²) in [4.78, 5) is 34.4. The van der Waals surface area contributed by atoms with Crippen molar-refractivity contribution in [2.45, 2.75) is 31.3 Å². The number of hydrogen-bond donors (Lipinski definition) is 1. The fraction of sp³-hybridized carbons (Fsp3) is 0.321. The molecule has 1 atom stereocenters. The first-order chi connectivity index (χ1) is 17.5. The topological polar surface area (TPSA) is 74.8 Å². The van der Waals surface area contributed by atoms with Crippen LogP contribution in [0.3, 0.4) is 0 Å². The van der Waals surface area contributed by atoms with Gasteiger partial charge >= 0.3 is 0 Å². The summed E-state index contributed by atoms with van der Waals surface area (Å²) in [7, 11) is 1.88. The number of nitrogens with zero attached hydrogens (tertiary/aromatic N) is 3. The van der Waals surface area contributed by atoms with E-state index in [1.807, 2.05) is 48.6 Å². The van der Waals surface area contributed by atoms with E-state index in [9.17, 15) is 9.59 Å². The highest BCUT2D eigenvalue weighted by atomic mass is 35.5. The highest BCUT2D eigenvalue weighted by molar-refractivity contribution is 6.33. The van der Waals surface area contributed by atoms with Crippen molar-refractivity contribution in [3.63, 3.8) is 0 Å². The number of fused-ring (bicyclic) bond motifs is 1. The number of ether oxygens (including phenoxy) is 1. The molecule has 1 fully saturated rings. The van der Waals surface area contributed by atoms with Gasteiger partial charge in [-0.2, -0.15) is 0 Å². The molecule has 2 amide bonds. The Morgan fingerprint density at radius 3 is 2.56 bits per heavy atom. The van der Waals surface area contributed by atoms with Gasteiger partial charge in [0.1, 0.15) is 5.75 Å². The quantitative estimate of drug-likeness (QED) is 0.543. The van der Waals surface area contributed by atoms with Crippen molar-refractivity contribution in [2.75, 3.05) is 31.6 Å². The fourth-order valence-electron chi connectivity index (χ4n) is 4.99. The summed E-state index contributed by atoms with van der Waals surface area (Å²) in [5.41, 5.74) is 3.06. The number of carbonyl (C=O) groups excluding carboxylic acids is 2. The first kappa shape index (κ1) is 24.1. The lowest BCUT2D eigenvalue weighted by Crippen LogP contribution is -2.45. The van der Waals surface area contributed by atoms with Gasteiger partial charge in [0.05, 0.1) is 23.2 Å². The van der Waals surface area contributed by atoms with Crippen molar-refractivity contribution in [1.82, 2.24) is 15.2 Å². The first-order valence-corrected chi connectivity index (χ1v) is 12.6. The molecule has 0 radical (unpaired) electrons. The van der Waals surface area contributed by atoms with E-state index in [0.29, 0.717) is 34.9 Å². The molecule has 0 spiro atoms. The lowest BCUT2D eigenvalue weighted by Gasteiger charge is -2.38. The number of rotatable bonds is 5. The van der Waals surface area contributed by atoms with Crippen LogP contribution in [0.15, 0.2) is 67.0 Å². The number of halogens is 1. The van der Waals surface area contributed by atoms with Gasteiger partial charge in [-0.25, -0.2) is 0 Å². The van der Waals surface area contributed by atoms with Gasteiger partial charge in [0.15, 0.2) is 0 Å². The molecule has 1 N–H and O–H groups in total. The molecule has 1 saturated heterocycles. The van der Waals surface area contributed by atoms with Crippen LogP contribution in [-0.2, 0) is 0 Å². The van der Waals surface area contributed by atoms with E-state index >= 15 is 0 Å². The SMILES string of the molecule is CN(C(=O)c1ccc2c(c1)OCC[C@H]2NC(=O)c1ccccc1Cl)C1CCN(c2ccncc2)CC1. The largest absolute Gasteiger partial charge is 0.493 e. The van der Waals surface area contributed by atoms with Crippen LogP contribution in [0.5, 0.6) is 5.75 Å². The Hall–Kier alpha value is -3.58. The van der Waals surface area contributed by atoms with Crippen LogP contribution in [0.1, 0.15) is 51.6 Å². The van der Waals surface area contributed by atoms with Crippen LogP contribution in [0.2, 0.25) is 5.02 Å². The van der Waals surface area contributed by atoms with Crippen molar-refractivity contribution in [3.8, 4) is 5.75 Å². The highest BCUT2D eigenvalue weighted by Gasteiger charge is 2.29. The van der Waals surface area contributed by atoms with Gasteiger partial charge in [0, 0.05) is 61.8 Å². The van der Waals surface area contributed by atoms with Crippen molar-refractivity contribution >= 4 is 29.1 Å². The maximum Gasteiger partial charge on any atom is 0.253 e. The second-order valence-corrected chi connectivity index (χ2v) is 9.64. The molecule has 8 heteroatoms. The van der Waals surface area contributed by atoms with Crippen molar-refractivity contribution in [3.05, 3.63) is 88.7 Å². The van der Waals surface area contributed by atoms with Gasteiger partial charge in [0.2, 0.25) is 0 Å². The van der Waals surface area contributed by atoms with Crippen LogP contribution < -0.4 is 15.0 Å². The maximum atomic E-state index is 13.3. The summed E-state index contributed by atoms with van der Waals surface area (Å²) >= 11 is 6.19. The zero-order valence-corrected chi connectivity index (χ0v) is 20.9. The Kier molecular flexibility index (Phi) is 7.09. The Morgan fingerprint density at radius 1 is 1.06 bits per heavy atom. The van der Waals surface area contributed by atoms with Crippen LogP contribution in [0.4, 0.5) is 5.69 Å². The molecule has 2 aliphatic rings. The molecule has 0 saturated carbocycles. The predicted molar refractivity (Wildman–Crippen MR) is 140 cm³/mol. The zero-order valence-electron chi connectivity index (χ0n) is 20.2. The molecule has 0 bridgehead atoms. The molecule has 7 nitrogen and oxygen atoms in total. The van der Waals surface area contributed by atoms with E-state index in [1.165, 1.54) is 5.69 Å². The molecule has 0 aliphatic carbocycles. The molecule has 36 heavy (non-hydrogen) atoms. The minimum Gasteiger partial charge on any atom is -0.493 e. The average molecular weight is 505 g/mol. The number of benzene rings is 2. The van der Waals surface area contributed by atoms with E-state index in [4.69, 9.17) is 16.3 Å². The minimum atomic E-state index is -0.226. The summed E-state index contributed by atoms with van der Waals surface area (Å²) < 4.78 is 5.88. The predicted octanol–water partition coefficient (Wildman–Crippen LogP) is 4.73. The summed E-state index contributed by atoms with van der Waals surface area (Å²) in [5, 5.41) is 3.48. The standard InChI is InChI=1S/C28H29ClN4O3/c1-32(20-10-15-33(16-11-20)21-8-13-30-14-9-21)28(35)19-6-7-23-25(12-17-36-26(23)18-19)31-27(34)22-4-2-3-5-24(22)29/h2-9,13-14,18,20,25H,10-12,15-17H2,1H3,(H,31,34)/t25-/m1/s1. The number of hydrogen-bond acceptors (Lipinski definition) is 5. The second kappa shape index (κ2) is 10.6. The molecular weight excluding hydrogens is 476 g/mol. The number of aromatic nitrogens is 1. The molecule has 2 aliphatic heterocycles. The second-order valence-electron chi connectivity index (χ2n) is 9.24. The number of amides is 2. The van der Waals surface area contributed by atoms with Gasteiger partial charge < -0.3 is 19.9 Å². The zero-order chi connectivity index (χ0) is 25.1. The Labute approximate surface area is 216 Å². The molecule has 5 rings (SSSR count). The summed E-state index contributed by atoms with van der Waals surface area (Å²) in [5.74, 6) is 0.389. The number of nitrogens with one attached hydrogen (secondary N) is 1. The summed E-state index contributed by atoms with van der Waals surface area (Å²) in [6.45, 7) is 2.25. The Bertz CT molecular complexity index is 1240. The van der Waals surface area contributed by atoms with E-state index in [-0.39, 0.29) is 23.9 Å². The Morgan fingerprint density at radius 2 is 1.81 bits per heavy atom. The molecule has 1 aromatic heterocycles. The number of carbonyl (C=O) groups is 2. The smallest absolute Gasteiger partial charge is 0.253 e. The van der Waals surface area contributed by atoms with E-state index in [0.717, 1.165) is 31.5 Å². The van der Waals surface area contributed by atoms with Gasteiger partial charge in [-0.1, -0.05) is 29.8 Å². The summed E-state index contributed by atoms with van der Waals surface area (Å²) in [6, 6.07) is 16.5. The average Bonchev–Trinajstić information content (AvgIpc) is 2.93. The highest BCUT2D eigenvalue weighted by Crippen LogP contribution is 2.34. The summed E-state index contributed by atoms with van der Waals surface area (Å²) in [6.07, 6.45) is 6.07. The molecule has 186 valence electrons. The third kappa shape index (κ3) is 5.02. The van der Waals surface area contributed by atoms with Crippen LogP contribution in [-0.4, -0.2) is 54.5 Å². The lowest BCUT2D eigenvalue weighted by atomic mass is 9.97. The number of pyridine rings is 1. The normalized spacial score (nSPS) is 17.6. The molecular formula is C28H29ClN4O3. The van der Waals surface area contributed by atoms with E-state index < -0.39 is 0 Å². The van der Waals surface area contributed by atoms with Gasteiger partial charge in [-0.15, -0.1) is 0 Å². The minimum absolute atomic E-state index is 0.0222. The van der Waals surface area contributed by atoms with Crippen LogP contribution in [0.25, 0.3) is 0 Å². The molecule has 0 unspecified atom stereocenters. The number of piperidine rings is 1. The third-order valence-electron chi connectivity index (χ3n) is 7.08. The van der Waals surface area contributed by atoms with E-state index in [2.05, 4.69) is 15.2 Å². The maximum absolute atomic E-state index is 13.3. The fourth-order valence-corrected chi connectivity index (χ4v) is 5.21. The third-order valence-corrected chi connectivity index (χ3v) is 7.41. The van der Waals surface area contributed by atoms with Crippen molar-refractivity contribution in [1.29, 1.82) is 0 Å².